The van der Waals surface area contributed by atoms with E-state index in [4.69, 9.17) is 10.5 Å². The van der Waals surface area contributed by atoms with E-state index < -0.39 is 0 Å². The summed E-state index contributed by atoms with van der Waals surface area (Å²) in [5.74, 6) is 1.07. The molecule has 0 unspecified atom stereocenters. The number of nitrogens with zero attached hydrogens (tertiary/aromatic N) is 2. The molecule has 0 atom stereocenters. The topological polar surface area (TPSA) is 71.9 Å². The molecular formula is C18H15N3OS. The summed E-state index contributed by atoms with van der Waals surface area (Å²) in [5.41, 5.74) is 8.91. The maximum Gasteiger partial charge on any atom is 0.142 e. The van der Waals surface area contributed by atoms with Crippen molar-refractivity contribution in [1.29, 1.82) is 5.26 Å². The SMILES string of the molecule is CCOc1ccc(-c2cc(-c3cccs3)c(C#N)c(N)n2)cc1. The number of hydrogen-bond acceptors (Lipinski definition) is 5. The van der Waals surface area contributed by atoms with Crippen molar-refractivity contribution < 1.29 is 4.74 Å². The van der Waals surface area contributed by atoms with E-state index in [1.807, 2.05) is 54.8 Å². The quantitative estimate of drug-likeness (QED) is 0.776. The summed E-state index contributed by atoms with van der Waals surface area (Å²) in [6.45, 7) is 2.58. The Balaban J connectivity index is 2.09. The van der Waals surface area contributed by atoms with Crippen molar-refractivity contribution >= 4 is 17.2 Å². The Morgan fingerprint density at radius 2 is 2.04 bits per heavy atom. The summed E-state index contributed by atoms with van der Waals surface area (Å²) in [4.78, 5) is 5.38. The van der Waals surface area contributed by atoms with Gasteiger partial charge in [0.05, 0.1) is 12.3 Å². The van der Waals surface area contributed by atoms with Crippen LogP contribution in [0.1, 0.15) is 12.5 Å². The molecule has 0 fully saturated rings. The smallest absolute Gasteiger partial charge is 0.142 e. The molecule has 1 aromatic carbocycles. The molecule has 23 heavy (non-hydrogen) atoms. The van der Waals surface area contributed by atoms with Gasteiger partial charge in [0.25, 0.3) is 0 Å². The maximum absolute atomic E-state index is 9.37. The van der Waals surface area contributed by atoms with E-state index in [0.717, 1.165) is 27.4 Å². The fraction of sp³-hybridized carbons (Fsp3) is 0.111. The van der Waals surface area contributed by atoms with E-state index >= 15 is 0 Å². The Hall–Kier alpha value is -2.84. The Morgan fingerprint density at radius 3 is 2.65 bits per heavy atom. The Labute approximate surface area is 138 Å². The van der Waals surface area contributed by atoms with Crippen LogP contribution in [0.5, 0.6) is 5.75 Å². The summed E-state index contributed by atoms with van der Waals surface area (Å²) in [6, 6.07) is 15.7. The van der Waals surface area contributed by atoms with Crippen molar-refractivity contribution in [3.8, 4) is 33.5 Å². The summed E-state index contributed by atoms with van der Waals surface area (Å²) < 4.78 is 5.45. The molecule has 0 aliphatic heterocycles. The summed E-state index contributed by atoms with van der Waals surface area (Å²) >= 11 is 1.57. The minimum atomic E-state index is 0.252. The predicted octanol–water partition coefficient (Wildman–Crippen LogP) is 4.33. The molecule has 2 heterocycles. The second kappa shape index (κ2) is 6.51. The van der Waals surface area contributed by atoms with Crippen molar-refractivity contribution in [3.63, 3.8) is 0 Å². The monoisotopic (exact) mass is 321 g/mol. The minimum absolute atomic E-state index is 0.252. The van der Waals surface area contributed by atoms with Gasteiger partial charge >= 0.3 is 0 Å². The molecule has 2 aromatic heterocycles. The lowest BCUT2D eigenvalue weighted by atomic mass is 10.0. The molecule has 3 rings (SSSR count). The van der Waals surface area contributed by atoms with Crippen LogP contribution in [0, 0.1) is 11.3 Å². The maximum atomic E-state index is 9.37. The van der Waals surface area contributed by atoms with Crippen molar-refractivity contribution in [2.24, 2.45) is 0 Å². The molecule has 2 N–H and O–H groups in total. The van der Waals surface area contributed by atoms with Gasteiger partial charge in [-0.05, 0) is 48.7 Å². The number of thiophene rings is 1. The molecule has 114 valence electrons. The number of nitrogens with two attached hydrogens (primary N) is 1. The van der Waals surface area contributed by atoms with Gasteiger partial charge in [-0.2, -0.15) is 5.26 Å². The molecule has 4 nitrogen and oxygen atoms in total. The average Bonchev–Trinajstić information content (AvgIpc) is 3.09. The fourth-order valence-electron chi connectivity index (χ4n) is 2.34. The number of nitrogen functional groups attached to an aromatic ring is 1. The van der Waals surface area contributed by atoms with Crippen molar-refractivity contribution in [1.82, 2.24) is 4.98 Å². The van der Waals surface area contributed by atoms with Gasteiger partial charge in [0.2, 0.25) is 0 Å². The number of anilines is 1. The van der Waals surface area contributed by atoms with E-state index in [1.54, 1.807) is 11.3 Å². The molecule has 0 saturated carbocycles. The molecule has 5 heteroatoms. The van der Waals surface area contributed by atoms with Crippen LogP contribution in [0.25, 0.3) is 21.7 Å². The van der Waals surface area contributed by atoms with Crippen LogP contribution in [0.3, 0.4) is 0 Å². The Bertz CT molecular complexity index is 849. The molecule has 0 aliphatic carbocycles. The predicted molar refractivity (Wildman–Crippen MR) is 93.3 cm³/mol. The number of rotatable bonds is 4. The number of nitriles is 1. The lowest BCUT2D eigenvalue weighted by molar-refractivity contribution is 0.340. The number of benzene rings is 1. The van der Waals surface area contributed by atoms with Crippen LogP contribution in [-0.4, -0.2) is 11.6 Å². The van der Waals surface area contributed by atoms with Gasteiger partial charge in [-0.3, -0.25) is 0 Å². The first-order chi connectivity index (χ1) is 11.2. The van der Waals surface area contributed by atoms with Crippen LogP contribution in [-0.2, 0) is 0 Å². The van der Waals surface area contributed by atoms with Gasteiger partial charge in [0.15, 0.2) is 0 Å². The highest BCUT2D eigenvalue weighted by Crippen LogP contribution is 2.33. The van der Waals surface area contributed by atoms with E-state index in [0.29, 0.717) is 12.2 Å². The first-order valence-corrected chi connectivity index (χ1v) is 8.08. The highest BCUT2D eigenvalue weighted by atomic mass is 32.1. The number of pyridine rings is 1. The van der Waals surface area contributed by atoms with Crippen LogP contribution in [0.2, 0.25) is 0 Å². The lowest BCUT2D eigenvalue weighted by Crippen LogP contribution is -1.99. The Kier molecular flexibility index (Phi) is 4.26. The van der Waals surface area contributed by atoms with Gasteiger partial charge in [-0.15, -0.1) is 11.3 Å². The molecule has 0 aliphatic rings. The van der Waals surface area contributed by atoms with Crippen molar-refractivity contribution in [3.05, 3.63) is 53.4 Å². The van der Waals surface area contributed by atoms with Gasteiger partial charge < -0.3 is 10.5 Å². The number of ether oxygens (including phenoxy) is 1. The normalized spacial score (nSPS) is 10.3. The van der Waals surface area contributed by atoms with Crippen LogP contribution in [0.15, 0.2) is 47.8 Å². The largest absolute Gasteiger partial charge is 0.494 e. The molecule has 0 bridgehead atoms. The van der Waals surface area contributed by atoms with Crippen molar-refractivity contribution in [2.75, 3.05) is 12.3 Å². The third kappa shape index (κ3) is 3.03. The van der Waals surface area contributed by atoms with E-state index in [9.17, 15) is 5.26 Å². The zero-order valence-electron chi connectivity index (χ0n) is 12.6. The molecule has 0 saturated heterocycles. The summed E-state index contributed by atoms with van der Waals surface area (Å²) in [5, 5.41) is 11.3. The first kappa shape index (κ1) is 15.1. The zero-order valence-corrected chi connectivity index (χ0v) is 13.4. The highest BCUT2D eigenvalue weighted by Gasteiger charge is 2.14. The molecule has 3 aromatic rings. The van der Waals surface area contributed by atoms with E-state index in [-0.39, 0.29) is 5.82 Å². The third-order valence-corrected chi connectivity index (χ3v) is 4.31. The lowest BCUT2D eigenvalue weighted by Gasteiger charge is -2.09. The number of hydrogen-bond donors (Lipinski definition) is 1. The summed E-state index contributed by atoms with van der Waals surface area (Å²) in [7, 11) is 0. The van der Waals surface area contributed by atoms with E-state index in [2.05, 4.69) is 11.1 Å². The second-order valence-electron chi connectivity index (χ2n) is 4.86. The van der Waals surface area contributed by atoms with Gasteiger partial charge in [-0.25, -0.2) is 4.98 Å². The van der Waals surface area contributed by atoms with Gasteiger partial charge in [0, 0.05) is 16.0 Å². The fourth-order valence-corrected chi connectivity index (χ4v) is 3.09. The zero-order chi connectivity index (χ0) is 16.2. The van der Waals surface area contributed by atoms with Crippen LogP contribution in [0.4, 0.5) is 5.82 Å². The van der Waals surface area contributed by atoms with Crippen LogP contribution < -0.4 is 10.5 Å². The highest BCUT2D eigenvalue weighted by molar-refractivity contribution is 7.13. The van der Waals surface area contributed by atoms with E-state index in [1.165, 1.54) is 0 Å². The minimum Gasteiger partial charge on any atom is -0.494 e. The molecule has 0 spiro atoms. The first-order valence-electron chi connectivity index (χ1n) is 7.20. The Morgan fingerprint density at radius 1 is 1.26 bits per heavy atom. The molecule has 0 amide bonds. The molecular weight excluding hydrogens is 306 g/mol. The standard InChI is InChI=1S/C18H15N3OS/c1-2-22-13-7-5-12(6-8-13)16-10-14(17-4-3-9-23-17)15(11-19)18(20)21-16/h3-10H,2H2,1H3,(H2,20,21). The number of aromatic nitrogens is 1. The van der Waals surface area contributed by atoms with Crippen molar-refractivity contribution in [2.45, 2.75) is 6.92 Å². The van der Waals surface area contributed by atoms with Gasteiger partial charge in [-0.1, -0.05) is 6.07 Å². The molecule has 0 radical (unpaired) electrons. The third-order valence-electron chi connectivity index (χ3n) is 3.41. The second-order valence-corrected chi connectivity index (χ2v) is 5.81. The van der Waals surface area contributed by atoms with Crippen LogP contribution >= 0.6 is 11.3 Å². The summed E-state index contributed by atoms with van der Waals surface area (Å²) in [6.07, 6.45) is 0. The average molecular weight is 321 g/mol. The van der Waals surface area contributed by atoms with Gasteiger partial charge in [0.1, 0.15) is 23.2 Å².